The van der Waals surface area contributed by atoms with Crippen LogP contribution in [0.2, 0.25) is 0 Å². The van der Waals surface area contributed by atoms with Gasteiger partial charge in [-0.25, -0.2) is 0 Å². The third-order valence-electron chi connectivity index (χ3n) is 1.83. The van der Waals surface area contributed by atoms with Crippen molar-refractivity contribution in [3.63, 3.8) is 0 Å². The molecule has 1 unspecified atom stereocenters. The first-order valence-corrected chi connectivity index (χ1v) is 6.03. The predicted molar refractivity (Wildman–Crippen MR) is 53.0 cm³/mol. The van der Waals surface area contributed by atoms with E-state index in [1.807, 2.05) is 0 Å². The summed E-state index contributed by atoms with van der Waals surface area (Å²) in [5, 5.41) is 1.81. The fraction of sp³-hybridized carbons (Fsp3) is 1.00. The highest BCUT2D eigenvalue weighted by atomic mass is 32.2. The standard InChI is InChI=1S/C8H16S2/c1-6(2)8-5-9-7(3)4-10-8/h6-8H,4-5H2,1-3H3/t7-,8?/m1/s1. The summed E-state index contributed by atoms with van der Waals surface area (Å²) in [4.78, 5) is 0. The third-order valence-corrected chi connectivity index (χ3v) is 5.37. The fourth-order valence-electron chi connectivity index (χ4n) is 0.999. The minimum absolute atomic E-state index is 0.866. The highest BCUT2D eigenvalue weighted by Gasteiger charge is 2.21. The van der Waals surface area contributed by atoms with Crippen LogP contribution < -0.4 is 0 Å². The molecule has 2 atom stereocenters. The van der Waals surface area contributed by atoms with Gasteiger partial charge < -0.3 is 0 Å². The molecular formula is C8H16S2. The van der Waals surface area contributed by atoms with E-state index in [1.54, 1.807) is 0 Å². The van der Waals surface area contributed by atoms with Gasteiger partial charge in [0.25, 0.3) is 0 Å². The lowest BCUT2D eigenvalue weighted by molar-refractivity contribution is 0.644. The second kappa shape index (κ2) is 3.91. The minimum atomic E-state index is 0.866. The molecule has 0 aliphatic carbocycles. The summed E-state index contributed by atoms with van der Waals surface area (Å²) in [7, 11) is 0. The lowest BCUT2D eigenvalue weighted by Crippen LogP contribution is -2.23. The molecule has 0 amide bonds. The van der Waals surface area contributed by atoms with E-state index >= 15 is 0 Å². The molecular weight excluding hydrogens is 160 g/mol. The molecule has 0 nitrogen and oxygen atoms in total. The molecule has 0 radical (unpaired) electrons. The van der Waals surface area contributed by atoms with Gasteiger partial charge in [0.05, 0.1) is 0 Å². The monoisotopic (exact) mass is 176 g/mol. The van der Waals surface area contributed by atoms with Crippen LogP contribution in [0.4, 0.5) is 0 Å². The van der Waals surface area contributed by atoms with E-state index in [0.717, 1.165) is 16.4 Å². The van der Waals surface area contributed by atoms with Crippen molar-refractivity contribution < 1.29 is 0 Å². The second-order valence-electron chi connectivity index (χ2n) is 3.26. The Bertz CT molecular complexity index is 93.4. The van der Waals surface area contributed by atoms with Crippen molar-refractivity contribution in [3.05, 3.63) is 0 Å². The Balaban J connectivity index is 2.26. The van der Waals surface area contributed by atoms with Gasteiger partial charge in [-0.1, -0.05) is 20.8 Å². The SMILES string of the molecule is CC(C)C1CS[C@H](C)CS1. The van der Waals surface area contributed by atoms with Gasteiger partial charge in [0.1, 0.15) is 0 Å². The summed E-state index contributed by atoms with van der Waals surface area (Å²) in [5.41, 5.74) is 0. The van der Waals surface area contributed by atoms with Gasteiger partial charge in [0.15, 0.2) is 0 Å². The Kier molecular flexibility index (Phi) is 3.44. The van der Waals surface area contributed by atoms with Crippen molar-refractivity contribution in [2.75, 3.05) is 11.5 Å². The lowest BCUT2D eigenvalue weighted by atomic mass is 10.1. The van der Waals surface area contributed by atoms with Crippen LogP contribution in [0, 0.1) is 5.92 Å². The summed E-state index contributed by atoms with van der Waals surface area (Å²) < 4.78 is 0. The van der Waals surface area contributed by atoms with Crippen molar-refractivity contribution in [2.45, 2.75) is 31.3 Å². The molecule has 0 aromatic carbocycles. The summed E-state index contributed by atoms with van der Waals surface area (Å²) in [6.07, 6.45) is 0. The zero-order chi connectivity index (χ0) is 7.56. The van der Waals surface area contributed by atoms with Gasteiger partial charge in [-0.15, -0.1) is 0 Å². The molecule has 0 N–H and O–H groups in total. The Morgan fingerprint density at radius 2 is 1.90 bits per heavy atom. The van der Waals surface area contributed by atoms with Crippen LogP contribution in [0.25, 0.3) is 0 Å². The highest BCUT2D eigenvalue weighted by Crippen LogP contribution is 2.33. The van der Waals surface area contributed by atoms with Crippen molar-refractivity contribution in [1.82, 2.24) is 0 Å². The molecule has 60 valence electrons. The molecule has 1 fully saturated rings. The molecule has 0 aromatic rings. The predicted octanol–water partition coefficient (Wildman–Crippen LogP) is 2.88. The van der Waals surface area contributed by atoms with Crippen LogP contribution in [0.15, 0.2) is 0 Å². The Morgan fingerprint density at radius 3 is 2.30 bits per heavy atom. The molecule has 1 aliphatic rings. The molecule has 1 aliphatic heterocycles. The van der Waals surface area contributed by atoms with Crippen molar-refractivity contribution in [2.24, 2.45) is 5.92 Å². The molecule has 0 bridgehead atoms. The third kappa shape index (κ3) is 2.39. The summed E-state index contributed by atoms with van der Waals surface area (Å²) in [5.74, 6) is 3.58. The fourth-order valence-corrected chi connectivity index (χ4v) is 4.05. The van der Waals surface area contributed by atoms with E-state index in [-0.39, 0.29) is 0 Å². The Labute approximate surface area is 72.5 Å². The first-order chi connectivity index (χ1) is 4.70. The lowest BCUT2D eigenvalue weighted by Gasteiger charge is -2.27. The maximum atomic E-state index is 2.33. The number of hydrogen-bond donors (Lipinski definition) is 0. The molecule has 0 aromatic heterocycles. The van der Waals surface area contributed by atoms with E-state index in [1.165, 1.54) is 11.5 Å². The van der Waals surface area contributed by atoms with Crippen LogP contribution in [-0.2, 0) is 0 Å². The average Bonchev–Trinajstić information content (AvgIpc) is 1.88. The zero-order valence-electron chi connectivity index (χ0n) is 6.96. The molecule has 1 heterocycles. The van der Waals surface area contributed by atoms with Crippen LogP contribution >= 0.6 is 23.5 Å². The van der Waals surface area contributed by atoms with E-state index in [4.69, 9.17) is 0 Å². The maximum Gasteiger partial charge on any atom is 0.0161 e. The van der Waals surface area contributed by atoms with Crippen LogP contribution in [0.1, 0.15) is 20.8 Å². The first-order valence-electron chi connectivity index (χ1n) is 3.93. The second-order valence-corrected chi connectivity index (χ2v) is 6.00. The summed E-state index contributed by atoms with van der Waals surface area (Å²) >= 11 is 4.29. The minimum Gasteiger partial charge on any atom is -0.157 e. The molecule has 2 heteroatoms. The number of thioether (sulfide) groups is 2. The number of rotatable bonds is 1. The molecule has 0 spiro atoms. The van der Waals surface area contributed by atoms with E-state index in [2.05, 4.69) is 44.3 Å². The van der Waals surface area contributed by atoms with Gasteiger partial charge in [-0.2, -0.15) is 23.5 Å². The van der Waals surface area contributed by atoms with Crippen molar-refractivity contribution >= 4 is 23.5 Å². The Hall–Kier alpha value is 0.700. The van der Waals surface area contributed by atoms with Gasteiger partial charge in [0.2, 0.25) is 0 Å². The van der Waals surface area contributed by atoms with E-state index < -0.39 is 0 Å². The average molecular weight is 176 g/mol. The largest absolute Gasteiger partial charge is 0.157 e. The van der Waals surface area contributed by atoms with Crippen molar-refractivity contribution in [1.29, 1.82) is 0 Å². The first kappa shape index (κ1) is 8.79. The molecule has 1 rings (SSSR count). The van der Waals surface area contributed by atoms with E-state index in [0.29, 0.717) is 0 Å². The summed E-state index contributed by atoms with van der Waals surface area (Å²) in [6, 6.07) is 0. The number of hydrogen-bond acceptors (Lipinski definition) is 2. The van der Waals surface area contributed by atoms with Crippen LogP contribution in [0.5, 0.6) is 0 Å². The van der Waals surface area contributed by atoms with Gasteiger partial charge in [-0.3, -0.25) is 0 Å². The highest BCUT2D eigenvalue weighted by molar-refractivity contribution is 8.07. The van der Waals surface area contributed by atoms with Crippen LogP contribution in [-0.4, -0.2) is 22.0 Å². The zero-order valence-corrected chi connectivity index (χ0v) is 8.60. The topological polar surface area (TPSA) is 0 Å². The molecule has 10 heavy (non-hydrogen) atoms. The maximum absolute atomic E-state index is 2.33. The van der Waals surface area contributed by atoms with E-state index in [9.17, 15) is 0 Å². The van der Waals surface area contributed by atoms with Crippen LogP contribution in [0.3, 0.4) is 0 Å². The molecule has 1 saturated heterocycles. The van der Waals surface area contributed by atoms with Gasteiger partial charge >= 0.3 is 0 Å². The van der Waals surface area contributed by atoms with Gasteiger partial charge in [0, 0.05) is 22.0 Å². The Morgan fingerprint density at radius 1 is 1.20 bits per heavy atom. The van der Waals surface area contributed by atoms with Gasteiger partial charge in [-0.05, 0) is 5.92 Å². The normalized spacial score (nSPS) is 34.8. The quantitative estimate of drug-likeness (QED) is 0.602. The van der Waals surface area contributed by atoms with Crippen molar-refractivity contribution in [3.8, 4) is 0 Å². The summed E-state index contributed by atoms with van der Waals surface area (Å²) in [6.45, 7) is 6.98. The smallest absolute Gasteiger partial charge is 0.0161 e. The molecule has 0 saturated carbocycles.